The summed E-state index contributed by atoms with van der Waals surface area (Å²) in [5.41, 5.74) is 2.32. The highest BCUT2D eigenvalue weighted by molar-refractivity contribution is 5.75. The zero-order valence-electron chi connectivity index (χ0n) is 10.2. The van der Waals surface area contributed by atoms with Crippen molar-refractivity contribution < 1.29 is 0 Å². The number of benzene rings is 1. The third kappa shape index (κ3) is 2.09. The molecule has 0 atom stereocenters. The first-order valence-electron chi connectivity index (χ1n) is 5.90. The third-order valence-electron chi connectivity index (χ3n) is 2.72. The number of nitrogens with zero attached hydrogens (tertiary/aromatic N) is 2. The Kier molecular flexibility index (Phi) is 3.25. The minimum Gasteiger partial charge on any atom is -0.327 e. The third-order valence-corrected chi connectivity index (χ3v) is 2.72. The molecule has 0 bridgehead atoms. The van der Waals surface area contributed by atoms with Gasteiger partial charge in [-0.2, -0.15) is 0 Å². The van der Waals surface area contributed by atoms with Crippen molar-refractivity contribution in [2.24, 2.45) is 0 Å². The molecule has 2 aromatic rings. The SMILES string of the molecule is CCn1c(CNC(C)C)nc2ccccc21. The van der Waals surface area contributed by atoms with Gasteiger partial charge in [-0.15, -0.1) is 0 Å². The maximum atomic E-state index is 4.66. The lowest BCUT2D eigenvalue weighted by molar-refractivity contribution is 0.554. The summed E-state index contributed by atoms with van der Waals surface area (Å²) < 4.78 is 2.27. The summed E-state index contributed by atoms with van der Waals surface area (Å²) >= 11 is 0. The summed E-state index contributed by atoms with van der Waals surface area (Å²) in [7, 11) is 0. The average Bonchev–Trinajstić information content (AvgIpc) is 2.63. The van der Waals surface area contributed by atoms with E-state index >= 15 is 0 Å². The first-order valence-corrected chi connectivity index (χ1v) is 5.90. The molecule has 0 unspecified atom stereocenters. The van der Waals surface area contributed by atoms with E-state index in [1.54, 1.807) is 0 Å². The number of hydrogen-bond donors (Lipinski definition) is 1. The molecular formula is C13H19N3. The Labute approximate surface area is 96.5 Å². The second-order valence-corrected chi connectivity index (χ2v) is 4.30. The molecule has 0 saturated carbocycles. The first-order chi connectivity index (χ1) is 7.72. The van der Waals surface area contributed by atoms with E-state index in [2.05, 4.69) is 53.8 Å². The largest absolute Gasteiger partial charge is 0.327 e. The Morgan fingerprint density at radius 2 is 2.06 bits per heavy atom. The summed E-state index contributed by atoms with van der Waals surface area (Å²) in [6.45, 7) is 8.26. The van der Waals surface area contributed by atoms with Crippen LogP contribution in [-0.2, 0) is 13.1 Å². The minimum atomic E-state index is 0.491. The van der Waals surface area contributed by atoms with Crippen molar-refractivity contribution in [2.75, 3.05) is 0 Å². The molecule has 0 radical (unpaired) electrons. The van der Waals surface area contributed by atoms with Crippen molar-refractivity contribution in [1.82, 2.24) is 14.9 Å². The summed E-state index contributed by atoms with van der Waals surface area (Å²) in [5, 5.41) is 3.41. The van der Waals surface area contributed by atoms with Gasteiger partial charge in [0, 0.05) is 12.6 Å². The Bertz CT molecular complexity index is 471. The molecule has 0 fully saturated rings. The van der Waals surface area contributed by atoms with Crippen LogP contribution in [0, 0.1) is 0 Å². The molecule has 1 heterocycles. The number of fused-ring (bicyclic) bond motifs is 1. The van der Waals surface area contributed by atoms with Gasteiger partial charge in [-0.3, -0.25) is 0 Å². The van der Waals surface area contributed by atoms with Gasteiger partial charge < -0.3 is 9.88 Å². The lowest BCUT2D eigenvalue weighted by Crippen LogP contribution is -2.23. The van der Waals surface area contributed by atoms with Crippen molar-refractivity contribution in [3.8, 4) is 0 Å². The standard InChI is InChI=1S/C13H19N3/c1-4-16-12-8-6-5-7-11(12)15-13(16)9-14-10(2)3/h5-8,10,14H,4,9H2,1-3H3. The number of nitrogens with one attached hydrogen (secondary N) is 1. The molecule has 0 aliphatic rings. The molecule has 3 nitrogen and oxygen atoms in total. The number of aromatic nitrogens is 2. The smallest absolute Gasteiger partial charge is 0.123 e. The quantitative estimate of drug-likeness (QED) is 0.853. The minimum absolute atomic E-state index is 0.491. The predicted octanol–water partition coefficient (Wildman–Crippen LogP) is 2.55. The van der Waals surface area contributed by atoms with Gasteiger partial charge in [0.15, 0.2) is 0 Å². The van der Waals surface area contributed by atoms with Crippen LogP contribution in [0.3, 0.4) is 0 Å². The van der Waals surface area contributed by atoms with E-state index in [1.165, 1.54) is 5.52 Å². The second kappa shape index (κ2) is 4.66. The number of para-hydroxylation sites is 2. The van der Waals surface area contributed by atoms with Crippen molar-refractivity contribution in [3.05, 3.63) is 30.1 Å². The van der Waals surface area contributed by atoms with E-state index in [-0.39, 0.29) is 0 Å². The molecule has 0 aliphatic heterocycles. The van der Waals surface area contributed by atoms with E-state index in [1.807, 2.05) is 6.07 Å². The zero-order valence-corrected chi connectivity index (χ0v) is 10.2. The molecule has 1 N–H and O–H groups in total. The van der Waals surface area contributed by atoms with Crippen LogP contribution in [0.15, 0.2) is 24.3 Å². The monoisotopic (exact) mass is 217 g/mol. The summed E-state index contributed by atoms with van der Waals surface area (Å²) in [5.74, 6) is 1.12. The van der Waals surface area contributed by atoms with Gasteiger partial charge in [-0.25, -0.2) is 4.98 Å². The number of hydrogen-bond acceptors (Lipinski definition) is 2. The Morgan fingerprint density at radius 1 is 1.31 bits per heavy atom. The molecule has 1 aromatic carbocycles. The van der Waals surface area contributed by atoms with Crippen LogP contribution in [-0.4, -0.2) is 15.6 Å². The van der Waals surface area contributed by atoms with E-state index in [9.17, 15) is 0 Å². The molecule has 0 saturated heterocycles. The summed E-state index contributed by atoms with van der Waals surface area (Å²) in [6.07, 6.45) is 0. The average molecular weight is 217 g/mol. The highest BCUT2D eigenvalue weighted by Gasteiger charge is 2.08. The van der Waals surface area contributed by atoms with E-state index in [0.717, 1.165) is 24.4 Å². The van der Waals surface area contributed by atoms with Gasteiger partial charge in [0.25, 0.3) is 0 Å². The fraction of sp³-hybridized carbons (Fsp3) is 0.462. The van der Waals surface area contributed by atoms with E-state index < -0.39 is 0 Å². The van der Waals surface area contributed by atoms with Gasteiger partial charge in [0.05, 0.1) is 17.6 Å². The van der Waals surface area contributed by atoms with Gasteiger partial charge in [-0.1, -0.05) is 26.0 Å². The Balaban J connectivity index is 2.36. The van der Waals surface area contributed by atoms with Gasteiger partial charge in [-0.05, 0) is 19.1 Å². The van der Waals surface area contributed by atoms with Crippen LogP contribution in [0.5, 0.6) is 0 Å². The first kappa shape index (κ1) is 11.1. The molecule has 0 amide bonds. The number of rotatable bonds is 4. The predicted molar refractivity (Wildman–Crippen MR) is 67.4 cm³/mol. The van der Waals surface area contributed by atoms with E-state index in [0.29, 0.717) is 6.04 Å². The van der Waals surface area contributed by atoms with Crippen molar-refractivity contribution >= 4 is 11.0 Å². The molecule has 0 spiro atoms. The highest BCUT2D eigenvalue weighted by Crippen LogP contribution is 2.15. The maximum absolute atomic E-state index is 4.66. The molecule has 16 heavy (non-hydrogen) atoms. The van der Waals surface area contributed by atoms with Crippen LogP contribution in [0.25, 0.3) is 11.0 Å². The lowest BCUT2D eigenvalue weighted by Gasteiger charge is -2.09. The maximum Gasteiger partial charge on any atom is 0.123 e. The van der Waals surface area contributed by atoms with Crippen molar-refractivity contribution in [3.63, 3.8) is 0 Å². The van der Waals surface area contributed by atoms with Crippen LogP contribution >= 0.6 is 0 Å². The highest BCUT2D eigenvalue weighted by atomic mass is 15.1. The van der Waals surface area contributed by atoms with Crippen LogP contribution in [0.2, 0.25) is 0 Å². The lowest BCUT2D eigenvalue weighted by atomic mass is 10.3. The van der Waals surface area contributed by atoms with Crippen molar-refractivity contribution in [1.29, 1.82) is 0 Å². The van der Waals surface area contributed by atoms with Crippen LogP contribution in [0.4, 0.5) is 0 Å². The fourth-order valence-electron chi connectivity index (χ4n) is 1.91. The van der Waals surface area contributed by atoms with Gasteiger partial charge in [0.2, 0.25) is 0 Å². The molecule has 3 heteroatoms. The molecule has 2 rings (SSSR count). The Hall–Kier alpha value is -1.35. The van der Waals surface area contributed by atoms with E-state index in [4.69, 9.17) is 0 Å². The Morgan fingerprint density at radius 3 is 2.75 bits per heavy atom. The van der Waals surface area contributed by atoms with Crippen LogP contribution < -0.4 is 5.32 Å². The number of aryl methyl sites for hydroxylation is 1. The summed E-state index contributed by atoms with van der Waals surface area (Å²) in [6, 6.07) is 8.79. The second-order valence-electron chi connectivity index (χ2n) is 4.30. The summed E-state index contributed by atoms with van der Waals surface area (Å²) in [4.78, 5) is 4.66. The zero-order chi connectivity index (χ0) is 11.5. The molecule has 86 valence electrons. The molecular weight excluding hydrogens is 198 g/mol. The number of imidazole rings is 1. The van der Waals surface area contributed by atoms with Crippen molar-refractivity contribution in [2.45, 2.75) is 39.9 Å². The van der Waals surface area contributed by atoms with Gasteiger partial charge >= 0.3 is 0 Å². The molecule has 1 aromatic heterocycles. The van der Waals surface area contributed by atoms with Gasteiger partial charge in [0.1, 0.15) is 5.82 Å². The molecule has 0 aliphatic carbocycles. The normalized spacial score (nSPS) is 11.5. The van der Waals surface area contributed by atoms with Crippen LogP contribution in [0.1, 0.15) is 26.6 Å². The fourth-order valence-corrected chi connectivity index (χ4v) is 1.91. The topological polar surface area (TPSA) is 29.9 Å².